The van der Waals surface area contributed by atoms with E-state index in [1.165, 1.54) is 55.2 Å². The SMILES string of the molecule is C1=CC(c2ccc3c4ccccc4n(-c4cccc(-c5ncc6oc7ccccc7c6n5)c4)c3c2)Cc2c1n(-c1ccccc1)c1ccccc21. The lowest BCUT2D eigenvalue weighted by molar-refractivity contribution is 0.666. The van der Waals surface area contributed by atoms with E-state index in [1.54, 1.807) is 6.20 Å². The molecule has 0 spiro atoms. The number of allylic oxidation sites excluding steroid dienone is 1. The van der Waals surface area contributed by atoms with Crippen molar-refractivity contribution in [3.63, 3.8) is 0 Å². The van der Waals surface area contributed by atoms with Gasteiger partial charge in [0.2, 0.25) is 0 Å². The van der Waals surface area contributed by atoms with Gasteiger partial charge in [0.1, 0.15) is 11.1 Å². The second-order valence-corrected chi connectivity index (χ2v) is 13.4. The summed E-state index contributed by atoms with van der Waals surface area (Å²) in [6.07, 6.45) is 7.45. The first-order valence-electron chi connectivity index (χ1n) is 17.4. The van der Waals surface area contributed by atoms with Crippen LogP contribution in [0.3, 0.4) is 0 Å². The number of furan rings is 1. The molecule has 0 N–H and O–H groups in total. The lowest BCUT2D eigenvalue weighted by atomic mass is 9.86. The molecule has 4 heterocycles. The van der Waals surface area contributed by atoms with Gasteiger partial charge in [0.25, 0.3) is 0 Å². The van der Waals surface area contributed by atoms with Crippen LogP contribution in [0, 0.1) is 0 Å². The molecule has 0 amide bonds. The van der Waals surface area contributed by atoms with Crippen molar-refractivity contribution >= 4 is 60.9 Å². The summed E-state index contributed by atoms with van der Waals surface area (Å²) >= 11 is 0. The molecule has 4 aromatic heterocycles. The van der Waals surface area contributed by atoms with Crippen LogP contribution in [0.25, 0.3) is 83.6 Å². The quantitative estimate of drug-likeness (QED) is 0.190. The van der Waals surface area contributed by atoms with Crippen molar-refractivity contribution in [2.24, 2.45) is 0 Å². The highest BCUT2D eigenvalue weighted by atomic mass is 16.3. The van der Waals surface area contributed by atoms with Crippen LogP contribution in [0.5, 0.6) is 0 Å². The van der Waals surface area contributed by atoms with Crippen LogP contribution in [-0.2, 0) is 6.42 Å². The maximum atomic E-state index is 6.01. The smallest absolute Gasteiger partial charge is 0.172 e. The summed E-state index contributed by atoms with van der Waals surface area (Å²) in [4.78, 5) is 9.73. The van der Waals surface area contributed by atoms with Crippen LogP contribution in [0.1, 0.15) is 22.7 Å². The normalized spacial score (nSPS) is 14.3. The fraction of sp³-hybridized carbons (Fsp3) is 0.0435. The summed E-state index contributed by atoms with van der Waals surface area (Å²) < 4.78 is 10.8. The number of fused-ring (bicyclic) bond motifs is 9. The first-order chi connectivity index (χ1) is 25.3. The minimum absolute atomic E-state index is 0.250. The minimum Gasteiger partial charge on any atom is -0.453 e. The van der Waals surface area contributed by atoms with Gasteiger partial charge in [0.15, 0.2) is 11.4 Å². The molecule has 11 rings (SSSR count). The topological polar surface area (TPSA) is 48.8 Å². The summed E-state index contributed by atoms with van der Waals surface area (Å²) in [5.74, 6) is 0.926. The number of hydrogen-bond acceptors (Lipinski definition) is 3. The van der Waals surface area contributed by atoms with Gasteiger partial charge in [0.05, 0.1) is 22.7 Å². The number of rotatable bonds is 4. The summed E-state index contributed by atoms with van der Waals surface area (Å²) in [5.41, 5.74) is 13.2. The largest absolute Gasteiger partial charge is 0.453 e. The first kappa shape index (κ1) is 28.2. The van der Waals surface area contributed by atoms with Gasteiger partial charge in [-0.15, -0.1) is 0 Å². The van der Waals surface area contributed by atoms with E-state index in [2.05, 4.69) is 143 Å². The van der Waals surface area contributed by atoms with E-state index < -0.39 is 0 Å². The van der Waals surface area contributed by atoms with Crippen LogP contribution >= 0.6 is 0 Å². The average Bonchev–Trinajstić information content (AvgIpc) is 3.85. The van der Waals surface area contributed by atoms with Gasteiger partial charge in [0, 0.05) is 50.1 Å². The van der Waals surface area contributed by atoms with Gasteiger partial charge in [-0.2, -0.15) is 0 Å². The van der Waals surface area contributed by atoms with Crippen LogP contribution in [-0.4, -0.2) is 19.1 Å². The molecule has 0 fully saturated rings. The molecule has 240 valence electrons. The number of nitrogens with zero attached hydrogens (tertiary/aromatic N) is 4. The van der Waals surface area contributed by atoms with Crippen molar-refractivity contribution in [1.82, 2.24) is 19.1 Å². The van der Waals surface area contributed by atoms with Gasteiger partial charge in [-0.1, -0.05) is 97.1 Å². The number of benzene rings is 6. The Morgan fingerprint density at radius 2 is 1.29 bits per heavy atom. The Morgan fingerprint density at radius 3 is 2.18 bits per heavy atom. The molecule has 1 unspecified atom stereocenters. The molecule has 0 saturated carbocycles. The maximum absolute atomic E-state index is 6.01. The zero-order chi connectivity index (χ0) is 33.5. The molecule has 0 saturated heterocycles. The van der Waals surface area contributed by atoms with Crippen molar-refractivity contribution in [3.05, 3.63) is 175 Å². The molecule has 1 aliphatic rings. The lowest BCUT2D eigenvalue weighted by Gasteiger charge is -2.20. The predicted octanol–water partition coefficient (Wildman–Crippen LogP) is 11.4. The average molecular weight is 655 g/mol. The number of para-hydroxylation sites is 4. The highest BCUT2D eigenvalue weighted by Gasteiger charge is 2.24. The Morgan fingerprint density at radius 1 is 0.569 bits per heavy atom. The Kier molecular flexibility index (Phi) is 6.01. The van der Waals surface area contributed by atoms with Crippen molar-refractivity contribution < 1.29 is 4.42 Å². The lowest BCUT2D eigenvalue weighted by Crippen LogP contribution is -2.07. The molecule has 51 heavy (non-hydrogen) atoms. The molecule has 0 bridgehead atoms. The molecule has 5 heteroatoms. The van der Waals surface area contributed by atoms with Gasteiger partial charge in [-0.25, -0.2) is 9.97 Å². The summed E-state index contributed by atoms with van der Waals surface area (Å²) in [6, 6.07) is 51.8. The van der Waals surface area contributed by atoms with E-state index in [9.17, 15) is 0 Å². The van der Waals surface area contributed by atoms with Crippen molar-refractivity contribution in [3.8, 4) is 22.8 Å². The van der Waals surface area contributed by atoms with Crippen molar-refractivity contribution in [2.45, 2.75) is 12.3 Å². The van der Waals surface area contributed by atoms with Gasteiger partial charge >= 0.3 is 0 Å². The number of aromatic nitrogens is 4. The van der Waals surface area contributed by atoms with Crippen LogP contribution in [0.4, 0.5) is 0 Å². The van der Waals surface area contributed by atoms with E-state index in [4.69, 9.17) is 14.4 Å². The highest BCUT2D eigenvalue weighted by molar-refractivity contribution is 6.09. The highest BCUT2D eigenvalue weighted by Crippen LogP contribution is 2.41. The predicted molar refractivity (Wildman–Crippen MR) is 208 cm³/mol. The third kappa shape index (κ3) is 4.28. The Balaban J connectivity index is 1.04. The van der Waals surface area contributed by atoms with Gasteiger partial charge < -0.3 is 13.6 Å². The van der Waals surface area contributed by atoms with E-state index in [1.807, 2.05) is 24.3 Å². The van der Waals surface area contributed by atoms with Gasteiger partial charge in [-0.3, -0.25) is 0 Å². The van der Waals surface area contributed by atoms with E-state index in [-0.39, 0.29) is 5.92 Å². The molecule has 5 nitrogen and oxygen atoms in total. The molecular weight excluding hydrogens is 625 g/mol. The minimum atomic E-state index is 0.250. The molecule has 6 aromatic carbocycles. The Labute approximate surface area is 293 Å². The van der Waals surface area contributed by atoms with Crippen molar-refractivity contribution in [2.75, 3.05) is 0 Å². The molecule has 1 atom stereocenters. The molecule has 0 radical (unpaired) electrons. The molecular formula is C46H30N4O. The maximum Gasteiger partial charge on any atom is 0.172 e. The standard InChI is InChI=1S/C46H30N4O/c1-2-12-32(13-3-1)49-40-19-8-5-16-35(40)38-26-29(22-24-41(38)49)30-21-23-36-34-15-4-7-18-39(34)50(42(36)27-30)33-14-10-11-31(25-33)46-47-28-44-45(48-46)37-17-6-9-20-43(37)51-44/h1-25,27-29H,26H2. The van der Waals surface area contributed by atoms with E-state index >= 15 is 0 Å². The van der Waals surface area contributed by atoms with Crippen LogP contribution in [0.2, 0.25) is 0 Å². The zero-order valence-electron chi connectivity index (χ0n) is 27.6. The first-order valence-corrected chi connectivity index (χ1v) is 17.4. The molecule has 0 aliphatic heterocycles. The second-order valence-electron chi connectivity index (χ2n) is 13.4. The fourth-order valence-electron chi connectivity index (χ4n) is 8.22. The van der Waals surface area contributed by atoms with Gasteiger partial charge in [-0.05, 0) is 78.2 Å². The Bertz CT molecular complexity index is 3020. The number of hydrogen-bond donors (Lipinski definition) is 0. The third-order valence-corrected chi connectivity index (χ3v) is 10.6. The molecule has 1 aliphatic carbocycles. The third-order valence-electron chi connectivity index (χ3n) is 10.6. The monoisotopic (exact) mass is 654 g/mol. The Hall–Kier alpha value is -6.72. The fourth-order valence-corrected chi connectivity index (χ4v) is 8.22. The van der Waals surface area contributed by atoms with Crippen LogP contribution in [0.15, 0.2) is 162 Å². The summed E-state index contributed by atoms with van der Waals surface area (Å²) in [6.45, 7) is 0. The van der Waals surface area contributed by atoms with E-state index in [0.717, 1.165) is 34.2 Å². The summed E-state index contributed by atoms with van der Waals surface area (Å²) in [5, 5.41) is 4.79. The van der Waals surface area contributed by atoms with E-state index in [0.29, 0.717) is 11.4 Å². The second kappa shape index (κ2) is 10.9. The van der Waals surface area contributed by atoms with Crippen molar-refractivity contribution in [1.29, 1.82) is 0 Å². The summed E-state index contributed by atoms with van der Waals surface area (Å²) in [7, 11) is 0. The van der Waals surface area contributed by atoms with Crippen LogP contribution < -0.4 is 0 Å². The molecule has 10 aromatic rings. The zero-order valence-corrected chi connectivity index (χ0v) is 27.6.